The maximum absolute atomic E-state index is 13.3. The van der Waals surface area contributed by atoms with Crippen LogP contribution in [-0.2, 0) is 25.6 Å². The highest BCUT2D eigenvalue weighted by Crippen LogP contribution is 2.19. The van der Waals surface area contributed by atoms with Crippen molar-refractivity contribution in [3.05, 3.63) is 36.0 Å². The first-order chi connectivity index (χ1) is 17.6. The first kappa shape index (κ1) is 28.2. The van der Waals surface area contributed by atoms with Crippen molar-refractivity contribution in [2.45, 2.75) is 77.5 Å². The van der Waals surface area contributed by atoms with Crippen LogP contribution in [0.15, 0.2) is 30.5 Å². The summed E-state index contributed by atoms with van der Waals surface area (Å²) in [7, 11) is 0. The minimum absolute atomic E-state index is 0.0871. The highest BCUT2D eigenvalue weighted by atomic mass is 16.4. The molecule has 1 saturated heterocycles. The molecule has 0 bridgehead atoms. The number of hydrogen-bond acceptors (Lipinski definition) is 5. The summed E-state index contributed by atoms with van der Waals surface area (Å²) in [5.74, 6) is -2.90. The molecule has 1 aliphatic rings. The van der Waals surface area contributed by atoms with E-state index in [9.17, 15) is 24.3 Å². The van der Waals surface area contributed by atoms with Crippen LogP contribution in [0, 0.1) is 11.8 Å². The van der Waals surface area contributed by atoms with Crippen molar-refractivity contribution >= 4 is 34.6 Å². The van der Waals surface area contributed by atoms with Crippen LogP contribution < -0.4 is 21.3 Å². The number of carbonyl (C=O) groups excluding carboxylic acids is 3. The van der Waals surface area contributed by atoms with Crippen molar-refractivity contribution in [3.8, 4) is 0 Å². The van der Waals surface area contributed by atoms with Gasteiger partial charge in [-0.25, -0.2) is 4.79 Å². The average molecular weight is 514 g/mol. The molecule has 3 amide bonds. The normalized spacial score (nSPS) is 18.7. The summed E-state index contributed by atoms with van der Waals surface area (Å²) in [4.78, 5) is 54.4. The van der Waals surface area contributed by atoms with E-state index in [1.807, 2.05) is 38.1 Å². The average Bonchev–Trinajstić information content (AvgIpc) is 3.55. The van der Waals surface area contributed by atoms with Gasteiger partial charge in [-0.3, -0.25) is 14.4 Å². The molecule has 6 N–H and O–H groups in total. The fraction of sp³-hybridized carbons (Fsp3) is 0.556. The number of aromatic nitrogens is 1. The Morgan fingerprint density at radius 3 is 2.35 bits per heavy atom. The second-order valence-corrected chi connectivity index (χ2v) is 10.2. The van der Waals surface area contributed by atoms with E-state index in [-0.39, 0.29) is 30.2 Å². The number of H-pyrrole nitrogens is 1. The van der Waals surface area contributed by atoms with Crippen LogP contribution in [0.2, 0.25) is 0 Å². The van der Waals surface area contributed by atoms with Crippen LogP contribution in [0.4, 0.5) is 0 Å². The first-order valence-electron chi connectivity index (χ1n) is 13.0. The molecule has 0 aliphatic carbocycles. The van der Waals surface area contributed by atoms with Crippen molar-refractivity contribution in [2.75, 3.05) is 6.54 Å². The Labute approximate surface area is 217 Å². The minimum Gasteiger partial charge on any atom is -0.480 e. The molecule has 1 fully saturated rings. The van der Waals surface area contributed by atoms with E-state index >= 15 is 0 Å². The third-order valence-electron chi connectivity index (χ3n) is 7.13. The molecule has 202 valence electrons. The molecule has 3 rings (SSSR count). The number of carbonyl (C=O) groups is 4. The van der Waals surface area contributed by atoms with Gasteiger partial charge < -0.3 is 31.4 Å². The number of aromatic amines is 1. The molecule has 0 spiro atoms. The number of amides is 3. The van der Waals surface area contributed by atoms with Crippen molar-refractivity contribution in [1.29, 1.82) is 0 Å². The van der Waals surface area contributed by atoms with Crippen LogP contribution >= 0.6 is 0 Å². The van der Waals surface area contributed by atoms with Gasteiger partial charge >= 0.3 is 5.97 Å². The molecule has 37 heavy (non-hydrogen) atoms. The van der Waals surface area contributed by atoms with Gasteiger partial charge in [-0.05, 0) is 42.9 Å². The van der Waals surface area contributed by atoms with Gasteiger partial charge in [-0.2, -0.15) is 0 Å². The Bertz CT molecular complexity index is 1110. The van der Waals surface area contributed by atoms with Gasteiger partial charge in [0.15, 0.2) is 0 Å². The highest BCUT2D eigenvalue weighted by molar-refractivity contribution is 5.94. The van der Waals surface area contributed by atoms with Crippen molar-refractivity contribution in [2.24, 2.45) is 11.8 Å². The van der Waals surface area contributed by atoms with E-state index in [1.165, 1.54) is 0 Å². The Balaban J connectivity index is 1.71. The predicted molar refractivity (Wildman–Crippen MR) is 141 cm³/mol. The smallest absolute Gasteiger partial charge is 0.326 e. The zero-order valence-electron chi connectivity index (χ0n) is 22.0. The molecular weight excluding hydrogens is 474 g/mol. The van der Waals surface area contributed by atoms with Crippen molar-refractivity contribution in [1.82, 2.24) is 26.3 Å². The summed E-state index contributed by atoms with van der Waals surface area (Å²) in [5, 5.41) is 22.1. The van der Waals surface area contributed by atoms with Gasteiger partial charge in [0.2, 0.25) is 17.7 Å². The summed E-state index contributed by atoms with van der Waals surface area (Å²) in [6, 6.07) is 4.26. The third kappa shape index (κ3) is 7.09. The lowest BCUT2D eigenvalue weighted by molar-refractivity contribution is -0.142. The van der Waals surface area contributed by atoms with E-state index < -0.39 is 35.9 Å². The van der Waals surface area contributed by atoms with E-state index in [0.29, 0.717) is 12.8 Å². The van der Waals surface area contributed by atoms with Gasteiger partial charge in [0.1, 0.15) is 18.1 Å². The second kappa shape index (κ2) is 12.7. The zero-order valence-corrected chi connectivity index (χ0v) is 22.0. The summed E-state index contributed by atoms with van der Waals surface area (Å²) in [5.41, 5.74) is 1.65. The maximum Gasteiger partial charge on any atom is 0.326 e. The Kier molecular flexibility index (Phi) is 9.68. The lowest BCUT2D eigenvalue weighted by Gasteiger charge is -2.29. The quantitative estimate of drug-likeness (QED) is 0.254. The number of aliphatic carboxylic acids is 1. The SMILES string of the molecule is CCC(C)C(NC(=O)C1CCCN1)C(=O)NC(C(=O)NC(Cc1c[nH]c2ccccc12)C(=O)O)C(C)C. The lowest BCUT2D eigenvalue weighted by atomic mass is 9.96. The second-order valence-electron chi connectivity index (χ2n) is 10.2. The number of nitrogens with one attached hydrogen (secondary N) is 5. The van der Waals surface area contributed by atoms with E-state index in [0.717, 1.165) is 29.4 Å². The minimum atomic E-state index is -1.18. The summed E-state index contributed by atoms with van der Waals surface area (Å²) >= 11 is 0. The topological polar surface area (TPSA) is 152 Å². The molecule has 0 radical (unpaired) electrons. The lowest BCUT2D eigenvalue weighted by Crippen LogP contribution is -2.59. The van der Waals surface area contributed by atoms with Crippen molar-refractivity contribution < 1.29 is 24.3 Å². The fourth-order valence-electron chi connectivity index (χ4n) is 4.62. The Morgan fingerprint density at radius 1 is 1.03 bits per heavy atom. The van der Waals surface area contributed by atoms with E-state index in [2.05, 4.69) is 26.3 Å². The molecule has 10 nitrogen and oxygen atoms in total. The molecule has 5 atom stereocenters. The summed E-state index contributed by atoms with van der Waals surface area (Å²) in [6.45, 7) is 8.12. The molecular formula is C27H39N5O5. The number of carboxylic acid groups (broad SMARTS) is 1. The molecule has 2 aromatic rings. The molecule has 0 saturated carbocycles. The zero-order chi connectivity index (χ0) is 27.1. The van der Waals surface area contributed by atoms with Crippen LogP contribution in [0.5, 0.6) is 0 Å². The number of benzene rings is 1. The third-order valence-corrected chi connectivity index (χ3v) is 7.13. The molecule has 5 unspecified atom stereocenters. The van der Waals surface area contributed by atoms with Gasteiger partial charge in [0, 0.05) is 23.5 Å². The molecule has 1 aliphatic heterocycles. The predicted octanol–water partition coefficient (Wildman–Crippen LogP) is 1.70. The van der Waals surface area contributed by atoms with Gasteiger partial charge in [0.25, 0.3) is 0 Å². The summed E-state index contributed by atoms with van der Waals surface area (Å²) < 4.78 is 0. The highest BCUT2D eigenvalue weighted by Gasteiger charge is 2.34. The van der Waals surface area contributed by atoms with Crippen LogP contribution in [-0.4, -0.2) is 64.5 Å². The van der Waals surface area contributed by atoms with Gasteiger partial charge in [-0.1, -0.05) is 52.3 Å². The Morgan fingerprint density at radius 2 is 1.73 bits per heavy atom. The van der Waals surface area contributed by atoms with E-state index in [1.54, 1.807) is 20.0 Å². The first-order valence-corrected chi connectivity index (χ1v) is 13.0. The van der Waals surface area contributed by atoms with Gasteiger partial charge in [-0.15, -0.1) is 0 Å². The molecule has 1 aromatic carbocycles. The van der Waals surface area contributed by atoms with Crippen LogP contribution in [0.3, 0.4) is 0 Å². The van der Waals surface area contributed by atoms with Crippen LogP contribution in [0.1, 0.15) is 52.5 Å². The number of rotatable bonds is 12. The fourth-order valence-corrected chi connectivity index (χ4v) is 4.62. The number of hydrogen-bond donors (Lipinski definition) is 6. The molecule has 10 heteroatoms. The molecule has 1 aromatic heterocycles. The summed E-state index contributed by atoms with van der Waals surface area (Å²) in [6.07, 6.45) is 4.10. The maximum atomic E-state index is 13.3. The number of carboxylic acids is 1. The van der Waals surface area contributed by atoms with Crippen molar-refractivity contribution in [3.63, 3.8) is 0 Å². The number of para-hydroxylation sites is 1. The Hall–Kier alpha value is -3.40. The largest absolute Gasteiger partial charge is 0.480 e. The van der Waals surface area contributed by atoms with Crippen LogP contribution in [0.25, 0.3) is 10.9 Å². The molecule has 2 heterocycles. The standard InChI is InChI=1S/C27H39N5O5/c1-5-16(4)23(32-24(33)20-11-8-12-28-20)26(35)31-22(15(2)3)25(34)30-21(27(36)37)13-17-14-29-19-10-7-6-9-18(17)19/h6-7,9-10,14-16,20-23,28-29H,5,8,11-13H2,1-4H3,(H,30,34)(H,31,35)(H,32,33)(H,36,37). The van der Waals surface area contributed by atoms with E-state index in [4.69, 9.17) is 0 Å². The monoisotopic (exact) mass is 513 g/mol. The van der Waals surface area contributed by atoms with Gasteiger partial charge in [0.05, 0.1) is 6.04 Å². The number of fused-ring (bicyclic) bond motifs is 1.